The summed E-state index contributed by atoms with van der Waals surface area (Å²) >= 11 is 0. The number of aryl methyl sites for hydroxylation is 2. The largest absolute Gasteiger partial charge is 0.493 e. The molecular weight excluding hydrogens is 302 g/mol. The molecule has 0 atom stereocenters. The zero-order valence-electron chi connectivity index (χ0n) is 13.8. The normalized spacial score (nSPS) is 11.8. The maximum atomic E-state index is 12.7. The van der Waals surface area contributed by atoms with Crippen molar-refractivity contribution in [3.8, 4) is 5.75 Å². The Morgan fingerprint density at radius 2 is 1.88 bits per heavy atom. The van der Waals surface area contributed by atoms with Gasteiger partial charge in [-0.15, -0.1) is 0 Å². The van der Waals surface area contributed by atoms with Crippen LogP contribution in [-0.2, 0) is 0 Å². The van der Waals surface area contributed by atoms with E-state index < -0.39 is 0 Å². The molecule has 0 amide bonds. The molecule has 0 fully saturated rings. The van der Waals surface area contributed by atoms with E-state index in [2.05, 4.69) is 29.5 Å². The van der Waals surface area contributed by atoms with Gasteiger partial charge < -0.3 is 14.2 Å². The van der Waals surface area contributed by atoms with Gasteiger partial charge in [0.15, 0.2) is 5.43 Å². The molecule has 0 aliphatic carbocycles. The van der Waals surface area contributed by atoms with Crippen molar-refractivity contribution in [1.29, 1.82) is 0 Å². The summed E-state index contributed by atoms with van der Waals surface area (Å²) in [5.41, 5.74) is 3.99. The Morgan fingerprint density at radius 1 is 1.08 bits per heavy atom. The van der Waals surface area contributed by atoms with Crippen molar-refractivity contribution in [3.63, 3.8) is 0 Å². The smallest absolute Gasteiger partial charge is 0.192 e. The topological polar surface area (TPSA) is 50.9 Å². The second kappa shape index (κ2) is 5.49. The molecule has 0 saturated carbocycles. The fourth-order valence-corrected chi connectivity index (χ4v) is 3.37. The number of rotatable bonds is 4. The molecule has 0 aliphatic heterocycles. The number of benzene rings is 2. The van der Waals surface area contributed by atoms with Crippen LogP contribution in [0.25, 0.3) is 27.2 Å². The first-order valence-corrected chi connectivity index (χ1v) is 8.15. The quantitative estimate of drug-likeness (QED) is 0.586. The van der Waals surface area contributed by atoms with Gasteiger partial charge in [0, 0.05) is 35.6 Å². The SMILES string of the molecule is Cc1ccc2c3cc(OCCCO)cc4c(=O)c(C)cn(c2c1)c43. The average Bonchev–Trinajstić information content (AvgIpc) is 2.86. The highest BCUT2D eigenvalue weighted by molar-refractivity contribution is 6.14. The van der Waals surface area contributed by atoms with Crippen LogP contribution in [0.4, 0.5) is 0 Å². The van der Waals surface area contributed by atoms with Crippen molar-refractivity contribution in [3.05, 3.63) is 57.9 Å². The number of aliphatic hydroxyl groups is 1. The van der Waals surface area contributed by atoms with Gasteiger partial charge in [0.2, 0.25) is 0 Å². The summed E-state index contributed by atoms with van der Waals surface area (Å²) in [7, 11) is 0. The standard InChI is InChI=1S/C20H19NO3/c1-12-4-5-15-16-9-14(24-7-3-6-22)10-17-19(16)21(18(15)8-12)11-13(2)20(17)23/h4-5,8-11,22H,3,6-7H2,1-2H3. The third-order valence-corrected chi connectivity index (χ3v) is 4.52. The van der Waals surface area contributed by atoms with Crippen molar-refractivity contribution >= 4 is 27.2 Å². The van der Waals surface area contributed by atoms with Crippen LogP contribution in [0.3, 0.4) is 0 Å². The van der Waals surface area contributed by atoms with Gasteiger partial charge in [0.05, 0.1) is 23.0 Å². The molecule has 4 heteroatoms. The van der Waals surface area contributed by atoms with E-state index in [1.54, 1.807) is 0 Å². The number of hydrogen-bond donors (Lipinski definition) is 1. The number of aliphatic hydroxyl groups excluding tert-OH is 1. The van der Waals surface area contributed by atoms with Crippen molar-refractivity contribution < 1.29 is 9.84 Å². The lowest BCUT2D eigenvalue weighted by molar-refractivity contribution is 0.234. The highest BCUT2D eigenvalue weighted by Gasteiger charge is 2.16. The molecule has 122 valence electrons. The monoisotopic (exact) mass is 321 g/mol. The third-order valence-electron chi connectivity index (χ3n) is 4.52. The summed E-state index contributed by atoms with van der Waals surface area (Å²) in [5.74, 6) is 0.675. The van der Waals surface area contributed by atoms with E-state index in [0.29, 0.717) is 24.2 Å². The zero-order chi connectivity index (χ0) is 16.8. The van der Waals surface area contributed by atoms with Crippen LogP contribution in [0.1, 0.15) is 17.5 Å². The maximum Gasteiger partial charge on any atom is 0.192 e. The van der Waals surface area contributed by atoms with E-state index in [0.717, 1.165) is 27.4 Å². The van der Waals surface area contributed by atoms with Crippen LogP contribution >= 0.6 is 0 Å². The Bertz CT molecular complexity index is 1110. The van der Waals surface area contributed by atoms with E-state index in [1.165, 1.54) is 5.56 Å². The molecule has 1 N–H and O–H groups in total. The Morgan fingerprint density at radius 3 is 2.67 bits per heavy atom. The molecule has 0 spiro atoms. The number of nitrogens with zero attached hydrogens (tertiary/aromatic N) is 1. The first kappa shape index (κ1) is 15.0. The summed E-state index contributed by atoms with van der Waals surface area (Å²) in [6.45, 7) is 4.44. The van der Waals surface area contributed by atoms with Crippen molar-refractivity contribution in [2.75, 3.05) is 13.2 Å². The van der Waals surface area contributed by atoms with E-state index in [-0.39, 0.29) is 12.0 Å². The Labute approximate surface area is 139 Å². The van der Waals surface area contributed by atoms with Crippen LogP contribution in [0.5, 0.6) is 5.75 Å². The van der Waals surface area contributed by atoms with Crippen LogP contribution in [0, 0.1) is 13.8 Å². The first-order valence-electron chi connectivity index (χ1n) is 8.15. The second-order valence-electron chi connectivity index (χ2n) is 6.32. The van der Waals surface area contributed by atoms with Gasteiger partial charge >= 0.3 is 0 Å². The molecule has 4 nitrogen and oxygen atoms in total. The van der Waals surface area contributed by atoms with Gasteiger partial charge in [0.1, 0.15) is 5.75 Å². The van der Waals surface area contributed by atoms with E-state index in [9.17, 15) is 4.79 Å². The van der Waals surface area contributed by atoms with Crippen molar-refractivity contribution in [1.82, 2.24) is 4.40 Å². The lowest BCUT2D eigenvalue weighted by Gasteiger charge is -2.08. The molecule has 2 heterocycles. The summed E-state index contributed by atoms with van der Waals surface area (Å²) in [6.07, 6.45) is 2.49. The van der Waals surface area contributed by atoms with Crippen LogP contribution in [0.2, 0.25) is 0 Å². The van der Waals surface area contributed by atoms with Crippen molar-refractivity contribution in [2.45, 2.75) is 20.3 Å². The predicted molar refractivity (Wildman–Crippen MR) is 96.5 cm³/mol. The molecule has 0 radical (unpaired) electrons. The lowest BCUT2D eigenvalue weighted by atomic mass is 10.1. The fourth-order valence-electron chi connectivity index (χ4n) is 3.37. The molecule has 0 saturated heterocycles. The predicted octanol–water partition coefficient (Wildman–Crippen LogP) is 3.42. The number of fused-ring (bicyclic) bond motifs is 3. The van der Waals surface area contributed by atoms with Gasteiger partial charge in [-0.2, -0.15) is 0 Å². The van der Waals surface area contributed by atoms with Crippen LogP contribution in [-0.4, -0.2) is 22.7 Å². The fraction of sp³-hybridized carbons (Fsp3) is 0.250. The molecule has 2 aromatic carbocycles. The highest BCUT2D eigenvalue weighted by atomic mass is 16.5. The second-order valence-corrected chi connectivity index (χ2v) is 6.32. The lowest BCUT2D eigenvalue weighted by Crippen LogP contribution is -2.08. The number of aromatic nitrogens is 1. The van der Waals surface area contributed by atoms with E-state index in [1.807, 2.05) is 25.3 Å². The summed E-state index contributed by atoms with van der Waals surface area (Å²) < 4.78 is 7.86. The van der Waals surface area contributed by atoms with Crippen molar-refractivity contribution in [2.24, 2.45) is 0 Å². The molecule has 2 aromatic heterocycles. The molecule has 0 aliphatic rings. The minimum absolute atomic E-state index is 0.0413. The van der Waals surface area contributed by atoms with Crippen LogP contribution in [0.15, 0.2) is 41.3 Å². The Balaban J connectivity index is 2.10. The maximum absolute atomic E-state index is 12.7. The third kappa shape index (κ3) is 2.14. The summed E-state index contributed by atoms with van der Waals surface area (Å²) in [6, 6.07) is 10.1. The van der Waals surface area contributed by atoms with Gasteiger partial charge in [-0.1, -0.05) is 12.1 Å². The Hall–Kier alpha value is -2.59. The number of hydrogen-bond acceptors (Lipinski definition) is 3. The molecule has 24 heavy (non-hydrogen) atoms. The molecule has 4 rings (SSSR count). The van der Waals surface area contributed by atoms with Gasteiger partial charge in [-0.25, -0.2) is 0 Å². The first-order chi connectivity index (χ1) is 11.6. The number of ether oxygens (including phenoxy) is 1. The summed E-state index contributed by atoms with van der Waals surface area (Å²) in [5, 5.41) is 11.7. The minimum atomic E-state index is 0.0413. The van der Waals surface area contributed by atoms with Gasteiger partial charge in [-0.05, 0) is 37.6 Å². The summed E-state index contributed by atoms with van der Waals surface area (Å²) in [4.78, 5) is 12.7. The molecular formula is C20H19NO3. The number of pyridine rings is 1. The molecule has 0 unspecified atom stereocenters. The van der Waals surface area contributed by atoms with Gasteiger partial charge in [-0.3, -0.25) is 4.79 Å². The van der Waals surface area contributed by atoms with E-state index in [4.69, 9.17) is 9.84 Å². The Kier molecular flexibility index (Phi) is 3.43. The van der Waals surface area contributed by atoms with Gasteiger partial charge in [0.25, 0.3) is 0 Å². The zero-order valence-corrected chi connectivity index (χ0v) is 13.8. The molecule has 0 bridgehead atoms. The van der Waals surface area contributed by atoms with E-state index >= 15 is 0 Å². The average molecular weight is 321 g/mol. The van der Waals surface area contributed by atoms with Crippen LogP contribution < -0.4 is 10.2 Å². The minimum Gasteiger partial charge on any atom is -0.493 e. The molecule has 4 aromatic rings. The highest BCUT2D eigenvalue weighted by Crippen LogP contribution is 2.34.